The maximum Gasteiger partial charge on any atom is 0.309 e. The Kier molecular flexibility index (Phi) is 4.04. The minimum absolute atomic E-state index is 0.163. The molecular formula is C14H16O5. The molecule has 2 rings (SSSR count). The number of esters is 1. The van der Waals surface area contributed by atoms with Crippen molar-refractivity contribution in [3.05, 3.63) is 23.8 Å². The van der Waals surface area contributed by atoms with Gasteiger partial charge in [0.1, 0.15) is 0 Å². The molecule has 0 spiro atoms. The first kappa shape index (κ1) is 13.4. The van der Waals surface area contributed by atoms with E-state index in [1.807, 2.05) is 6.92 Å². The Morgan fingerprint density at radius 3 is 2.79 bits per heavy atom. The summed E-state index contributed by atoms with van der Waals surface area (Å²) < 4.78 is 15.3. The molecule has 0 radical (unpaired) electrons. The molecule has 5 heteroatoms. The van der Waals surface area contributed by atoms with Crippen molar-refractivity contribution in [1.29, 1.82) is 0 Å². The van der Waals surface area contributed by atoms with Crippen LogP contribution in [0, 0.1) is 5.92 Å². The van der Waals surface area contributed by atoms with E-state index in [1.54, 1.807) is 25.1 Å². The van der Waals surface area contributed by atoms with E-state index in [4.69, 9.17) is 14.2 Å². The predicted octanol–water partition coefficient (Wildman–Crippen LogP) is 2.19. The average Bonchev–Trinajstić information content (AvgIpc) is 2.90. The Bertz CT molecular complexity index is 495. The van der Waals surface area contributed by atoms with Crippen LogP contribution in [0.1, 0.15) is 30.6 Å². The van der Waals surface area contributed by atoms with E-state index >= 15 is 0 Å². The molecule has 5 nitrogen and oxygen atoms in total. The lowest BCUT2D eigenvalue weighted by molar-refractivity contribution is -0.146. The van der Waals surface area contributed by atoms with Gasteiger partial charge in [-0.3, -0.25) is 9.59 Å². The average molecular weight is 264 g/mol. The summed E-state index contributed by atoms with van der Waals surface area (Å²) in [7, 11) is 0. The number of ketones is 1. The van der Waals surface area contributed by atoms with E-state index in [0.717, 1.165) is 0 Å². The lowest BCUT2D eigenvalue weighted by Gasteiger charge is -2.08. The van der Waals surface area contributed by atoms with Crippen molar-refractivity contribution in [3.8, 4) is 11.5 Å². The first-order chi connectivity index (χ1) is 9.11. The Morgan fingerprint density at radius 1 is 1.32 bits per heavy atom. The molecule has 1 aliphatic heterocycles. The number of carbonyl (C=O) groups is 2. The molecule has 0 aliphatic carbocycles. The van der Waals surface area contributed by atoms with Crippen LogP contribution in [0.25, 0.3) is 0 Å². The SMILES string of the molecule is CCC(C)C(=O)OCC(=O)c1ccc2c(c1)OCO2. The second-order valence-corrected chi connectivity index (χ2v) is 4.41. The zero-order chi connectivity index (χ0) is 13.8. The minimum atomic E-state index is -0.350. The van der Waals surface area contributed by atoms with Crippen LogP contribution in [0.3, 0.4) is 0 Å². The molecule has 1 heterocycles. The van der Waals surface area contributed by atoms with Crippen LogP contribution in [-0.4, -0.2) is 25.2 Å². The number of ether oxygens (including phenoxy) is 3. The number of rotatable bonds is 5. The molecule has 1 aromatic carbocycles. The fraction of sp³-hybridized carbons (Fsp3) is 0.429. The third-order valence-electron chi connectivity index (χ3n) is 3.05. The topological polar surface area (TPSA) is 61.8 Å². The summed E-state index contributed by atoms with van der Waals surface area (Å²) in [6.45, 7) is 3.58. The molecule has 1 atom stereocenters. The van der Waals surface area contributed by atoms with Gasteiger partial charge >= 0.3 is 5.97 Å². The van der Waals surface area contributed by atoms with E-state index in [1.165, 1.54) is 0 Å². The van der Waals surface area contributed by atoms with Gasteiger partial charge < -0.3 is 14.2 Å². The zero-order valence-corrected chi connectivity index (χ0v) is 11.0. The van der Waals surface area contributed by atoms with Gasteiger partial charge in [0.2, 0.25) is 6.79 Å². The third-order valence-corrected chi connectivity index (χ3v) is 3.05. The molecule has 0 N–H and O–H groups in total. The normalized spacial score (nSPS) is 14.0. The van der Waals surface area contributed by atoms with Gasteiger partial charge in [0.15, 0.2) is 23.9 Å². The van der Waals surface area contributed by atoms with Crippen LogP contribution in [0.2, 0.25) is 0 Å². The number of hydrogen-bond donors (Lipinski definition) is 0. The summed E-state index contributed by atoms with van der Waals surface area (Å²) in [5.74, 6) is 0.364. The predicted molar refractivity (Wildman–Crippen MR) is 67.3 cm³/mol. The van der Waals surface area contributed by atoms with E-state index in [2.05, 4.69) is 0 Å². The van der Waals surface area contributed by atoms with E-state index in [9.17, 15) is 9.59 Å². The molecule has 1 unspecified atom stereocenters. The van der Waals surface area contributed by atoms with Crippen molar-refractivity contribution >= 4 is 11.8 Å². The standard InChI is InChI=1S/C14H16O5/c1-3-9(2)14(16)17-7-11(15)10-4-5-12-13(6-10)19-8-18-12/h4-6,9H,3,7-8H2,1-2H3. The fourth-order valence-corrected chi connectivity index (χ4v) is 1.60. The van der Waals surface area contributed by atoms with Crippen molar-refractivity contribution in [2.45, 2.75) is 20.3 Å². The molecular weight excluding hydrogens is 248 g/mol. The van der Waals surface area contributed by atoms with Crippen molar-refractivity contribution in [2.75, 3.05) is 13.4 Å². The second kappa shape index (κ2) is 5.73. The van der Waals surface area contributed by atoms with Crippen molar-refractivity contribution in [1.82, 2.24) is 0 Å². The van der Waals surface area contributed by atoms with Crippen LogP contribution in [0.5, 0.6) is 11.5 Å². The van der Waals surface area contributed by atoms with Gasteiger partial charge in [-0.25, -0.2) is 0 Å². The highest BCUT2D eigenvalue weighted by Gasteiger charge is 2.18. The summed E-state index contributed by atoms with van der Waals surface area (Å²) in [5, 5.41) is 0. The molecule has 1 aliphatic rings. The van der Waals surface area contributed by atoms with Gasteiger partial charge in [-0.1, -0.05) is 13.8 Å². The summed E-state index contributed by atoms with van der Waals surface area (Å²) in [6.07, 6.45) is 0.692. The summed E-state index contributed by atoms with van der Waals surface area (Å²) in [4.78, 5) is 23.4. The highest BCUT2D eigenvalue weighted by atomic mass is 16.7. The number of Topliss-reactive ketones (excluding diaryl/α,β-unsaturated/α-hetero) is 1. The summed E-state index contributed by atoms with van der Waals surface area (Å²) in [6, 6.07) is 4.90. The largest absolute Gasteiger partial charge is 0.457 e. The Hall–Kier alpha value is -2.04. The first-order valence-corrected chi connectivity index (χ1v) is 6.21. The number of fused-ring (bicyclic) bond motifs is 1. The highest BCUT2D eigenvalue weighted by molar-refractivity contribution is 5.98. The quantitative estimate of drug-likeness (QED) is 0.602. The van der Waals surface area contributed by atoms with Crippen molar-refractivity contribution in [2.24, 2.45) is 5.92 Å². The van der Waals surface area contributed by atoms with Gasteiger partial charge in [0, 0.05) is 5.56 Å². The lowest BCUT2D eigenvalue weighted by atomic mass is 10.1. The van der Waals surface area contributed by atoms with Crippen LogP contribution in [0.15, 0.2) is 18.2 Å². The Labute approximate surface area is 111 Å². The molecule has 0 bridgehead atoms. The molecule has 0 saturated carbocycles. The molecule has 19 heavy (non-hydrogen) atoms. The second-order valence-electron chi connectivity index (χ2n) is 4.41. The third kappa shape index (κ3) is 3.05. The maximum absolute atomic E-state index is 11.9. The zero-order valence-electron chi connectivity index (χ0n) is 11.0. The van der Waals surface area contributed by atoms with Gasteiger partial charge in [0.25, 0.3) is 0 Å². The molecule has 0 saturated heterocycles. The van der Waals surface area contributed by atoms with Gasteiger partial charge in [-0.05, 0) is 24.6 Å². The lowest BCUT2D eigenvalue weighted by Crippen LogP contribution is -2.19. The highest BCUT2D eigenvalue weighted by Crippen LogP contribution is 2.32. The van der Waals surface area contributed by atoms with E-state index < -0.39 is 0 Å². The Morgan fingerprint density at radius 2 is 2.05 bits per heavy atom. The first-order valence-electron chi connectivity index (χ1n) is 6.21. The molecule has 102 valence electrons. The number of benzene rings is 1. The van der Waals surface area contributed by atoms with Crippen molar-refractivity contribution < 1.29 is 23.8 Å². The van der Waals surface area contributed by atoms with Gasteiger partial charge in [-0.2, -0.15) is 0 Å². The van der Waals surface area contributed by atoms with Crippen LogP contribution >= 0.6 is 0 Å². The fourth-order valence-electron chi connectivity index (χ4n) is 1.60. The molecule has 0 aromatic heterocycles. The monoisotopic (exact) mass is 264 g/mol. The summed E-state index contributed by atoms with van der Waals surface area (Å²) in [5.41, 5.74) is 0.446. The molecule has 0 amide bonds. The number of hydrogen-bond acceptors (Lipinski definition) is 5. The van der Waals surface area contributed by atoms with E-state index in [0.29, 0.717) is 23.5 Å². The smallest absolute Gasteiger partial charge is 0.309 e. The van der Waals surface area contributed by atoms with Crippen LogP contribution in [-0.2, 0) is 9.53 Å². The molecule has 1 aromatic rings. The maximum atomic E-state index is 11.9. The molecule has 0 fully saturated rings. The van der Waals surface area contributed by atoms with Crippen LogP contribution < -0.4 is 9.47 Å². The van der Waals surface area contributed by atoms with Crippen molar-refractivity contribution in [3.63, 3.8) is 0 Å². The van der Waals surface area contributed by atoms with Crippen LogP contribution in [0.4, 0.5) is 0 Å². The van der Waals surface area contributed by atoms with Gasteiger partial charge in [0.05, 0.1) is 5.92 Å². The van der Waals surface area contributed by atoms with Gasteiger partial charge in [-0.15, -0.1) is 0 Å². The van der Waals surface area contributed by atoms with E-state index in [-0.39, 0.29) is 31.1 Å². The Balaban J connectivity index is 1.95. The minimum Gasteiger partial charge on any atom is -0.457 e. The summed E-state index contributed by atoms with van der Waals surface area (Å²) >= 11 is 0. The number of carbonyl (C=O) groups excluding carboxylic acids is 2.